The number of hydrogen-bond acceptors (Lipinski definition) is 5. The molecule has 0 fully saturated rings. The quantitative estimate of drug-likeness (QED) is 0.337. The van der Waals surface area contributed by atoms with Crippen LogP contribution in [-0.4, -0.2) is 27.3 Å². The summed E-state index contributed by atoms with van der Waals surface area (Å²) in [5.41, 5.74) is 6.37. The minimum Gasteiger partial charge on any atom is -0.506 e. The number of carboxylic acids is 1. The average Bonchev–Trinajstić information content (AvgIpc) is 2.53. The van der Waals surface area contributed by atoms with Gasteiger partial charge in [-0.05, 0) is 114 Å². The molecular formula is C15H11I4NO5. The summed E-state index contributed by atoms with van der Waals surface area (Å²) in [7, 11) is 0. The Labute approximate surface area is 198 Å². The fraction of sp³-hybridized carbons (Fsp3) is 0.133. The highest BCUT2D eigenvalue weighted by Crippen LogP contribution is 2.43. The molecule has 0 aliphatic rings. The lowest BCUT2D eigenvalue weighted by Crippen LogP contribution is -2.32. The average molecular weight is 793 g/mol. The molecule has 0 radical (unpaired) electrons. The van der Waals surface area contributed by atoms with Gasteiger partial charge in [0.05, 0.1) is 10.7 Å². The number of rotatable bonds is 5. The van der Waals surface area contributed by atoms with Gasteiger partial charge in [-0.25, -0.2) is 0 Å². The van der Waals surface area contributed by atoms with Crippen molar-refractivity contribution in [1.82, 2.24) is 0 Å². The first-order chi connectivity index (χ1) is 11.6. The number of phenols is 2. The molecule has 1 atom stereocenters. The van der Waals surface area contributed by atoms with Crippen LogP contribution in [0.5, 0.6) is 23.0 Å². The van der Waals surface area contributed by atoms with Crippen molar-refractivity contribution in [3.8, 4) is 23.0 Å². The summed E-state index contributed by atoms with van der Waals surface area (Å²) in [5, 5.41) is 29.0. The van der Waals surface area contributed by atoms with Crippen LogP contribution in [0, 0.1) is 14.3 Å². The van der Waals surface area contributed by atoms with Crippen molar-refractivity contribution < 1.29 is 24.9 Å². The molecule has 6 nitrogen and oxygen atoms in total. The molecule has 0 heterocycles. The minimum atomic E-state index is -1.05. The van der Waals surface area contributed by atoms with Gasteiger partial charge in [0.2, 0.25) is 0 Å². The van der Waals surface area contributed by atoms with E-state index in [1.807, 2.05) is 45.2 Å². The van der Waals surface area contributed by atoms with Crippen LogP contribution in [0.4, 0.5) is 0 Å². The van der Waals surface area contributed by atoms with Gasteiger partial charge in [0, 0.05) is 6.07 Å². The van der Waals surface area contributed by atoms with Crippen molar-refractivity contribution in [2.45, 2.75) is 12.5 Å². The summed E-state index contributed by atoms with van der Waals surface area (Å²) in [6.45, 7) is 0. The van der Waals surface area contributed by atoms with Crippen LogP contribution in [0.15, 0.2) is 18.2 Å². The van der Waals surface area contributed by atoms with Crippen molar-refractivity contribution >= 4 is 96.3 Å². The van der Waals surface area contributed by atoms with E-state index in [-0.39, 0.29) is 23.7 Å². The molecule has 0 amide bonds. The summed E-state index contributed by atoms with van der Waals surface area (Å²) in [4.78, 5) is 10.9. The molecule has 5 N–H and O–H groups in total. The fourth-order valence-corrected chi connectivity index (χ4v) is 5.68. The molecule has 2 rings (SSSR count). The molecule has 0 aliphatic carbocycles. The van der Waals surface area contributed by atoms with Crippen molar-refractivity contribution in [3.05, 3.63) is 38.0 Å². The maximum atomic E-state index is 10.9. The third kappa shape index (κ3) is 5.13. The molecular weight excluding hydrogens is 782 g/mol. The molecule has 134 valence electrons. The van der Waals surface area contributed by atoms with Gasteiger partial charge in [-0.15, -0.1) is 0 Å². The van der Waals surface area contributed by atoms with Gasteiger partial charge in [0.15, 0.2) is 17.2 Å². The van der Waals surface area contributed by atoms with Crippen LogP contribution in [-0.2, 0) is 11.2 Å². The summed E-state index contributed by atoms with van der Waals surface area (Å²) in [5.74, 6) is -0.405. The molecule has 10 heteroatoms. The van der Waals surface area contributed by atoms with Gasteiger partial charge in [0.1, 0.15) is 15.4 Å². The van der Waals surface area contributed by atoms with Crippen LogP contribution in [0.3, 0.4) is 0 Å². The van der Waals surface area contributed by atoms with Crippen molar-refractivity contribution in [2.24, 2.45) is 5.73 Å². The highest BCUT2D eigenvalue weighted by atomic mass is 127. The molecule has 2 aromatic carbocycles. The summed E-state index contributed by atoms with van der Waals surface area (Å²) >= 11 is 7.98. The number of halogens is 4. The second-order valence-electron chi connectivity index (χ2n) is 5.01. The van der Waals surface area contributed by atoms with E-state index in [0.29, 0.717) is 12.9 Å². The highest BCUT2D eigenvalue weighted by molar-refractivity contribution is 14.1. The molecule has 0 aromatic heterocycles. The Balaban J connectivity index is 2.37. The number of carbonyl (C=O) groups is 1. The molecule has 0 bridgehead atoms. The Morgan fingerprint density at radius 1 is 1.04 bits per heavy atom. The third-order valence-corrected chi connectivity index (χ3v) is 6.62. The van der Waals surface area contributed by atoms with E-state index in [9.17, 15) is 15.0 Å². The molecule has 0 spiro atoms. The third-order valence-electron chi connectivity index (χ3n) is 3.18. The summed E-state index contributed by atoms with van der Waals surface area (Å²) in [6.07, 6.45) is 0.210. The van der Waals surface area contributed by atoms with E-state index in [1.54, 1.807) is 18.2 Å². The van der Waals surface area contributed by atoms with Crippen molar-refractivity contribution in [2.75, 3.05) is 0 Å². The summed E-state index contributed by atoms with van der Waals surface area (Å²) in [6, 6.07) is 4.18. The standard InChI is InChI=1S/C15H11I4NO5/c16-6-4-10(13(22)11(19)12(6)21)25-14-7(17)1-5(2-8(14)18)3-9(20)15(23)24/h1-2,4,9,21-22H,3,20H2,(H,23,24)/t9-/m0/s1. The maximum absolute atomic E-state index is 10.9. The van der Waals surface area contributed by atoms with Crippen molar-refractivity contribution in [1.29, 1.82) is 0 Å². The van der Waals surface area contributed by atoms with Crippen LogP contribution < -0.4 is 10.5 Å². The van der Waals surface area contributed by atoms with E-state index < -0.39 is 12.0 Å². The zero-order valence-corrected chi connectivity index (χ0v) is 20.9. The van der Waals surface area contributed by atoms with Gasteiger partial charge in [-0.1, -0.05) is 0 Å². The molecule has 0 saturated carbocycles. The second kappa shape index (κ2) is 8.92. The number of aliphatic carboxylic acids is 1. The number of hydrogen-bond donors (Lipinski definition) is 4. The lowest BCUT2D eigenvalue weighted by Gasteiger charge is -2.15. The number of benzene rings is 2. The first-order valence-electron chi connectivity index (χ1n) is 6.65. The van der Waals surface area contributed by atoms with Crippen LogP contribution in [0.25, 0.3) is 0 Å². The zero-order valence-electron chi connectivity index (χ0n) is 12.3. The molecule has 0 aliphatic heterocycles. The second-order valence-corrected chi connectivity index (χ2v) is 9.57. The largest absolute Gasteiger partial charge is 0.506 e. The molecule has 25 heavy (non-hydrogen) atoms. The fourth-order valence-electron chi connectivity index (χ4n) is 1.93. The molecule has 0 saturated heterocycles. The number of ether oxygens (including phenoxy) is 1. The first-order valence-corrected chi connectivity index (χ1v) is 11.0. The Bertz CT molecular complexity index is 820. The lowest BCUT2D eigenvalue weighted by atomic mass is 10.1. The van der Waals surface area contributed by atoms with Crippen LogP contribution >= 0.6 is 90.4 Å². The zero-order chi connectivity index (χ0) is 18.9. The van der Waals surface area contributed by atoms with Gasteiger partial charge < -0.3 is 25.8 Å². The monoisotopic (exact) mass is 793 g/mol. The smallest absolute Gasteiger partial charge is 0.320 e. The topological polar surface area (TPSA) is 113 Å². The van der Waals surface area contributed by atoms with Crippen molar-refractivity contribution in [3.63, 3.8) is 0 Å². The van der Waals surface area contributed by atoms with Gasteiger partial charge in [0.25, 0.3) is 0 Å². The SMILES string of the molecule is N[C@@H](Cc1cc(I)c(Oc2cc(I)c(O)c(I)c2O)c(I)c1)C(=O)O. The van der Waals surface area contributed by atoms with Crippen LogP contribution in [0.2, 0.25) is 0 Å². The summed E-state index contributed by atoms with van der Waals surface area (Å²) < 4.78 is 8.25. The van der Waals surface area contributed by atoms with E-state index in [1.165, 1.54) is 0 Å². The Morgan fingerprint density at radius 3 is 2.12 bits per heavy atom. The lowest BCUT2D eigenvalue weighted by molar-refractivity contribution is -0.138. The van der Waals surface area contributed by atoms with E-state index in [0.717, 1.165) is 12.7 Å². The number of aromatic hydroxyl groups is 2. The van der Waals surface area contributed by atoms with Gasteiger partial charge >= 0.3 is 5.97 Å². The number of carboxylic acid groups (broad SMARTS) is 1. The molecule has 2 aromatic rings. The first kappa shape index (κ1) is 21.5. The minimum absolute atomic E-state index is 0.00782. The molecule has 0 unspecified atom stereocenters. The highest BCUT2D eigenvalue weighted by Gasteiger charge is 2.19. The predicted octanol–water partition coefficient (Wildman–Crippen LogP) is 4.26. The van der Waals surface area contributed by atoms with Gasteiger partial charge in [-0.2, -0.15) is 0 Å². The van der Waals surface area contributed by atoms with Crippen LogP contribution in [0.1, 0.15) is 5.56 Å². The number of nitrogens with two attached hydrogens (primary N) is 1. The number of phenolic OH excluding ortho intramolecular Hbond substituents is 2. The van der Waals surface area contributed by atoms with E-state index in [4.69, 9.17) is 15.6 Å². The Kier molecular flexibility index (Phi) is 7.67. The van der Waals surface area contributed by atoms with E-state index >= 15 is 0 Å². The van der Waals surface area contributed by atoms with Gasteiger partial charge in [-0.3, -0.25) is 4.79 Å². The Hall–Kier alpha value is 0.190. The Morgan fingerprint density at radius 2 is 1.60 bits per heavy atom. The normalized spacial score (nSPS) is 12.0. The van der Waals surface area contributed by atoms with E-state index in [2.05, 4.69) is 45.2 Å². The predicted molar refractivity (Wildman–Crippen MR) is 126 cm³/mol. The maximum Gasteiger partial charge on any atom is 0.320 e.